The first-order chi connectivity index (χ1) is 18.5. The van der Waals surface area contributed by atoms with Crippen LogP contribution in [0.1, 0.15) is 80.1 Å². The summed E-state index contributed by atoms with van der Waals surface area (Å²) in [6.45, 7) is 8.69. The van der Waals surface area contributed by atoms with Crippen molar-refractivity contribution in [1.29, 1.82) is 0 Å². The number of fused-ring (bicyclic) bond motifs is 5. The lowest BCUT2D eigenvalue weighted by atomic mass is 9.81. The van der Waals surface area contributed by atoms with E-state index < -0.39 is 5.97 Å². The molecule has 0 amide bonds. The highest BCUT2D eigenvalue weighted by Crippen LogP contribution is 2.48. The van der Waals surface area contributed by atoms with Crippen LogP contribution in [0.2, 0.25) is 5.02 Å². The number of anilines is 1. The Morgan fingerprint density at radius 1 is 0.974 bits per heavy atom. The lowest BCUT2D eigenvalue weighted by Gasteiger charge is -2.32. The molecule has 3 aliphatic rings. The fraction of sp³-hybridized carbons (Fsp3) is 0.531. The molecule has 1 N–H and O–H groups in total. The van der Waals surface area contributed by atoms with Crippen molar-refractivity contribution in [3.63, 3.8) is 0 Å². The van der Waals surface area contributed by atoms with E-state index in [1.54, 1.807) is 6.07 Å². The van der Waals surface area contributed by atoms with Gasteiger partial charge >= 0.3 is 5.97 Å². The molecule has 5 nitrogen and oxygen atoms in total. The Kier molecular flexibility index (Phi) is 7.41. The molecule has 6 heteroatoms. The van der Waals surface area contributed by atoms with Crippen LogP contribution >= 0.6 is 11.6 Å². The van der Waals surface area contributed by atoms with Gasteiger partial charge in [-0.3, -0.25) is 0 Å². The molecule has 0 spiro atoms. The second-order valence-corrected chi connectivity index (χ2v) is 12.3. The summed E-state index contributed by atoms with van der Waals surface area (Å²) in [5, 5.41) is 11.8. The molecule has 38 heavy (non-hydrogen) atoms. The van der Waals surface area contributed by atoms with Crippen molar-refractivity contribution in [3.8, 4) is 11.3 Å². The van der Waals surface area contributed by atoms with Gasteiger partial charge in [-0.15, -0.1) is 0 Å². The number of benzene rings is 2. The highest BCUT2D eigenvalue weighted by Gasteiger charge is 2.31. The Balaban J connectivity index is 1.40. The SMILES string of the molecule is CC1CCCN(CCCN2CCn3c(c(C4CCCCC4)c4ccc(C(=O)O)cc43)-c3ccc(Cl)cc32)C1. The van der Waals surface area contributed by atoms with Crippen molar-refractivity contribution in [1.82, 2.24) is 9.47 Å². The molecular weight excluding hydrogens is 494 g/mol. The van der Waals surface area contributed by atoms with Crippen molar-refractivity contribution < 1.29 is 9.90 Å². The van der Waals surface area contributed by atoms with E-state index in [4.69, 9.17) is 11.6 Å². The standard InChI is InChI=1S/C32H40ClN3O2/c1-22-7-5-14-34(21-22)15-6-16-35-17-18-36-29-19-24(32(37)38)10-12-26(29)30(23-8-3-2-4-9-23)31(36)27-13-11-25(33)20-28(27)35/h10-13,19-20,22-23H,2-9,14-18,21H2,1H3,(H,37,38). The molecule has 1 saturated carbocycles. The van der Waals surface area contributed by atoms with Gasteiger partial charge in [-0.2, -0.15) is 0 Å². The summed E-state index contributed by atoms with van der Waals surface area (Å²) in [6.07, 6.45) is 10.0. The lowest BCUT2D eigenvalue weighted by Crippen LogP contribution is -2.37. The molecule has 2 aliphatic heterocycles. The van der Waals surface area contributed by atoms with Crippen LogP contribution in [0.5, 0.6) is 0 Å². The Morgan fingerprint density at radius 3 is 2.61 bits per heavy atom. The number of hydrogen-bond donors (Lipinski definition) is 1. The zero-order chi connectivity index (χ0) is 26.2. The van der Waals surface area contributed by atoms with Crippen molar-refractivity contribution in [3.05, 3.63) is 52.5 Å². The van der Waals surface area contributed by atoms with E-state index in [2.05, 4.69) is 39.5 Å². The third-order valence-electron chi connectivity index (χ3n) is 9.16. The molecule has 1 aromatic heterocycles. The van der Waals surface area contributed by atoms with Crippen LogP contribution in [0.15, 0.2) is 36.4 Å². The molecule has 3 aromatic rings. The summed E-state index contributed by atoms with van der Waals surface area (Å²) < 4.78 is 2.42. The summed E-state index contributed by atoms with van der Waals surface area (Å²) in [5.74, 6) is 0.444. The van der Waals surface area contributed by atoms with E-state index in [0.29, 0.717) is 11.5 Å². The molecule has 1 aliphatic carbocycles. The number of rotatable bonds is 6. The number of likely N-dealkylation sites (tertiary alicyclic amines) is 1. The number of halogens is 1. The Hall–Kier alpha value is -2.50. The molecule has 0 radical (unpaired) electrons. The van der Waals surface area contributed by atoms with Crippen LogP contribution in [0.3, 0.4) is 0 Å². The van der Waals surface area contributed by atoms with Crippen LogP contribution in [-0.4, -0.2) is 53.3 Å². The first kappa shape index (κ1) is 25.8. The van der Waals surface area contributed by atoms with Crippen LogP contribution in [0, 0.1) is 5.92 Å². The molecule has 2 fully saturated rings. The first-order valence-corrected chi connectivity index (χ1v) is 15.0. The van der Waals surface area contributed by atoms with Gasteiger partial charge in [0, 0.05) is 53.4 Å². The average molecular weight is 534 g/mol. The van der Waals surface area contributed by atoms with E-state index in [1.807, 2.05) is 12.1 Å². The summed E-state index contributed by atoms with van der Waals surface area (Å²) >= 11 is 6.61. The number of aromatic nitrogens is 1. The molecule has 0 bridgehead atoms. The van der Waals surface area contributed by atoms with Crippen molar-refractivity contribution in [2.24, 2.45) is 5.92 Å². The van der Waals surface area contributed by atoms with Crippen LogP contribution in [0.25, 0.3) is 22.2 Å². The van der Waals surface area contributed by atoms with Crippen LogP contribution in [0.4, 0.5) is 5.69 Å². The minimum absolute atomic E-state index is 0.362. The van der Waals surface area contributed by atoms with E-state index in [9.17, 15) is 9.90 Å². The predicted molar refractivity (Wildman–Crippen MR) is 157 cm³/mol. The van der Waals surface area contributed by atoms with E-state index in [1.165, 1.54) is 85.9 Å². The van der Waals surface area contributed by atoms with Crippen LogP contribution in [-0.2, 0) is 6.54 Å². The summed E-state index contributed by atoms with van der Waals surface area (Å²) in [5.41, 5.74) is 6.60. The Bertz CT molecular complexity index is 1330. The second kappa shape index (κ2) is 10.9. The molecule has 1 saturated heterocycles. The maximum atomic E-state index is 11.9. The van der Waals surface area contributed by atoms with Gasteiger partial charge in [-0.05, 0) is 92.9 Å². The summed E-state index contributed by atoms with van der Waals surface area (Å²) in [4.78, 5) is 17.1. The zero-order valence-corrected chi connectivity index (χ0v) is 23.3. The second-order valence-electron chi connectivity index (χ2n) is 11.8. The average Bonchev–Trinajstić information content (AvgIpc) is 3.15. The third-order valence-corrected chi connectivity index (χ3v) is 9.39. The van der Waals surface area contributed by atoms with Crippen molar-refractivity contribution in [2.75, 3.05) is 37.6 Å². The van der Waals surface area contributed by atoms with Gasteiger partial charge in [0.15, 0.2) is 0 Å². The number of hydrogen-bond acceptors (Lipinski definition) is 3. The largest absolute Gasteiger partial charge is 0.478 e. The molecule has 3 heterocycles. The van der Waals surface area contributed by atoms with Gasteiger partial charge in [-0.25, -0.2) is 4.79 Å². The minimum Gasteiger partial charge on any atom is -0.478 e. The smallest absolute Gasteiger partial charge is 0.335 e. The topological polar surface area (TPSA) is 48.7 Å². The van der Waals surface area contributed by atoms with Gasteiger partial charge < -0.3 is 19.5 Å². The summed E-state index contributed by atoms with van der Waals surface area (Å²) in [6, 6.07) is 12.1. The van der Waals surface area contributed by atoms with Crippen LogP contribution < -0.4 is 4.90 Å². The normalized spacial score (nSPS) is 20.8. The molecular formula is C32H40ClN3O2. The summed E-state index contributed by atoms with van der Waals surface area (Å²) in [7, 11) is 0. The first-order valence-electron chi connectivity index (χ1n) is 14.7. The number of carboxylic acid groups (broad SMARTS) is 1. The van der Waals surface area contributed by atoms with Gasteiger partial charge in [0.25, 0.3) is 0 Å². The number of carboxylic acids is 1. The van der Waals surface area contributed by atoms with E-state index in [-0.39, 0.29) is 0 Å². The predicted octanol–water partition coefficient (Wildman–Crippen LogP) is 7.65. The fourth-order valence-corrected chi connectivity index (χ4v) is 7.52. The van der Waals surface area contributed by atoms with Gasteiger partial charge in [0.2, 0.25) is 0 Å². The van der Waals surface area contributed by atoms with Gasteiger partial charge in [0.05, 0.1) is 11.3 Å². The molecule has 2 aromatic carbocycles. The minimum atomic E-state index is -0.865. The highest BCUT2D eigenvalue weighted by atomic mass is 35.5. The zero-order valence-electron chi connectivity index (χ0n) is 22.6. The molecule has 202 valence electrons. The van der Waals surface area contributed by atoms with E-state index in [0.717, 1.165) is 49.1 Å². The number of aromatic carboxylic acids is 1. The third kappa shape index (κ3) is 4.96. The van der Waals surface area contributed by atoms with Gasteiger partial charge in [-0.1, -0.05) is 43.9 Å². The highest BCUT2D eigenvalue weighted by molar-refractivity contribution is 6.31. The van der Waals surface area contributed by atoms with Gasteiger partial charge in [0.1, 0.15) is 0 Å². The fourth-order valence-electron chi connectivity index (χ4n) is 7.35. The Morgan fingerprint density at radius 2 is 1.82 bits per heavy atom. The van der Waals surface area contributed by atoms with Crippen molar-refractivity contribution in [2.45, 2.75) is 70.8 Å². The molecule has 6 rings (SSSR count). The maximum absolute atomic E-state index is 11.9. The quantitative estimate of drug-likeness (QED) is 0.353. The Labute approximate surface area is 231 Å². The maximum Gasteiger partial charge on any atom is 0.335 e. The van der Waals surface area contributed by atoms with Crippen molar-refractivity contribution >= 4 is 34.2 Å². The number of piperidine rings is 1. The molecule has 1 atom stereocenters. The monoisotopic (exact) mass is 533 g/mol. The number of nitrogens with zero attached hydrogens (tertiary/aromatic N) is 3. The molecule has 1 unspecified atom stereocenters. The lowest BCUT2D eigenvalue weighted by molar-refractivity contribution is 0.0697. The van der Waals surface area contributed by atoms with E-state index >= 15 is 0 Å². The number of carbonyl (C=O) groups is 1.